The highest BCUT2D eigenvalue weighted by atomic mass is 16.5. The molecule has 1 aliphatic heterocycles. The summed E-state index contributed by atoms with van der Waals surface area (Å²) in [5.74, 6) is 0. The van der Waals surface area contributed by atoms with Crippen molar-refractivity contribution in [1.29, 1.82) is 0 Å². The molecule has 2 unspecified atom stereocenters. The summed E-state index contributed by atoms with van der Waals surface area (Å²) in [5.41, 5.74) is 0. The lowest BCUT2D eigenvalue weighted by Gasteiger charge is -2.32. The second kappa shape index (κ2) is 10.6. The third-order valence-electron chi connectivity index (χ3n) is 4.07. The maximum absolute atomic E-state index is 5.76. The summed E-state index contributed by atoms with van der Waals surface area (Å²) in [6.45, 7) is 12.3. The molecule has 19 heavy (non-hydrogen) atoms. The molecular formula is C16H34N2O. The minimum atomic E-state index is 0.485. The van der Waals surface area contributed by atoms with Gasteiger partial charge in [0.2, 0.25) is 0 Å². The van der Waals surface area contributed by atoms with E-state index in [2.05, 4.69) is 31.0 Å². The second-order valence-corrected chi connectivity index (χ2v) is 5.72. The third kappa shape index (κ3) is 7.28. The SMILES string of the molecule is CCCNC(CC)CCCN1CCCC(OCC)C1. The van der Waals surface area contributed by atoms with Crippen molar-refractivity contribution in [3.05, 3.63) is 0 Å². The summed E-state index contributed by atoms with van der Waals surface area (Å²) < 4.78 is 5.76. The Balaban J connectivity index is 2.13. The highest BCUT2D eigenvalue weighted by molar-refractivity contribution is 4.74. The van der Waals surface area contributed by atoms with E-state index in [-0.39, 0.29) is 0 Å². The smallest absolute Gasteiger partial charge is 0.0702 e. The zero-order chi connectivity index (χ0) is 13.9. The van der Waals surface area contributed by atoms with Crippen LogP contribution >= 0.6 is 0 Å². The van der Waals surface area contributed by atoms with Crippen molar-refractivity contribution in [3.63, 3.8) is 0 Å². The molecule has 1 heterocycles. The van der Waals surface area contributed by atoms with E-state index in [1.807, 2.05) is 0 Å². The van der Waals surface area contributed by atoms with E-state index in [1.54, 1.807) is 0 Å². The van der Waals surface area contributed by atoms with Crippen LogP contribution in [-0.2, 0) is 4.74 Å². The molecule has 1 N–H and O–H groups in total. The summed E-state index contributed by atoms with van der Waals surface area (Å²) in [5, 5.41) is 3.64. The van der Waals surface area contributed by atoms with E-state index < -0.39 is 0 Å². The molecule has 0 aromatic heterocycles. The summed E-state index contributed by atoms with van der Waals surface area (Å²) in [7, 11) is 0. The predicted molar refractivity (Wildman–Crippen MR) is 82.7 cm³/mol. The van der Waals surface area contributed by atoms with Crippen molar-refractivity contribution in [2.45, 2.75) is 71.4 Å². The van der Waals surface area contributed by atoms with Crippen molar-refractivity contribution in [1.82, 2.24) is 10.2 Å². The van der Waals surface area contributed by atoms with Crippen LogP contribution in [0, 0.1) is 0 Å². The molecular weight excluding hydrogens is 236 g/mol. The number of nitrogens with one attached hydrogen (secondary N) is 1. The summed E-state index contributed by atoms with van der Waals surface area (Å²) in [4.78, 5) is 2.59. The van der Waals surface area contributed by atoms with Crippen LogP contribution in [0.1, 0.15) is 59.3 Å². The maximum Gasteiger partial charge on any atom is 0.0702 e. The molecule has 1 rings (SSSR count). The van der Waals surface area contributed by atoms with Crippen molar-refractivity contribution >= 4 is 0 Å². The van der Waals surface area contributed by atoms with Gasteiger partial charge in [-0.15, -0.1) is 0 Å². The Labute approximate surface area is 120 Å². The standard InChI is InChI=1S/C16H34N2O/c1-4-11-17-15(5-2)9-7-12-18-13-8-10-16(14-18)19-6-3/h15-17H,4-14H2,1-3H3. The molecule has 0 spiro atoms. The van der Waals surface area contributed by atoms with Gasteiger partial charge >= 0.3 is 0 Å². The number of hydrogen-bond donors (Lipinski definition) is 1. The lowest BCUT2D eigenvalue weighted by molar-refractivity contribution is 0.00545. The molecule has 0 radical (unpaired) electrons. The number of piperidine rings is 1. The lowest BCUT2D eigenvalue weighted by Crippen LogP contribution is -2.40. The van der Waals surface area contributed by atoms with Crippen LogP contribution in [0.4, 0.5) is 0 Å². The number of likely N-dealkylation sites (tertiary alicyclic amines) is 1. The maximum atomic E-state index is 5.76. The molecule has 0 aliphatic carbocycles. The monoisotopic (exact) mass is 270 g/mol. The van der Waals surface area contributed by atoms with E-state index in [4.69, 9.17) is 4.74 Å². The molecule has 1 fully saturated rings. The van der Waals surface area contributed by atoms with E-state index in [1.165, 1.54) is 51.6 Å². The Kier molecular flexibility index (Phi) is 9.48. The Hall–Kier alpha value is -0.120. The third-order valence-corrected chi connectivity index (χ3v) is 4.07. The fraction of sp³-hybridized carbons (Fsp3) is 1.00. The lowest BCUT2D eigenvalue weighted by atomic mass is 10.1. The quantitative estimate of drug-likeness (QED) is 0.660. The first-order valence-corrected chi connectivity index (χ1v) is 8.37. The molecule has 2 atom stereocenters. The normalized spacial score (nSPS) is 22.6. The molecule has 3 nitrogen and oxygen atoms in total. The Bertz CT molecular complexity index is 209. The van der Waals surface area contributed by atoms with Gasteiger partial charge < -0.3 is 15.0 Å². The first-order valence-electron chi connectivity index (χ1n) is 8.37. The minimum absolute atomic E-state index is 0.485. The zero-order valence-corrected chi connectivity index (χ0v) is 13.3. The molecule has 0 aromatic carbocycles. The molecule has 0 aromatic rings. The topological polar surface area (TPSA) is 24.5 Å². The number of hydrogen-bond acceptors (Lipinski definition) is 3. The van der Waals surface area contributed by atoms with Crippen molar-refractivity contribution in [2.24, 2.45) is 0 Å². The van der Waals surface area contributed by atoms with E-state index in [9.17, 15) is 0 Å². The van der Waals surface area contributed by atoms with Gasteiger partial charge in [-0.3, -0.25) is 0 Å². The number of rotatable bonds is 10. The molecule has 1 saturated heterocycles. The molecule has 1 aliphatic rings. The van der Waals surface area contributed by atoms with Gasteiger partial charge in [-0.1, -0.05) is 13.8 Å². The van der Waals surface area contributed by atoms with E-state index in [0.29, 0.717) is 12.1 Å². The summed E-state index contributed by atoms with van der Waals surface area (Å²) >= 11 is 0. The van der Waals surface area contributed by atoms with Crippen LogP contribution < -0.4 is 5.32 Å². The van der Waals surface area contributed by atoms with Crippen LogP contribution in [0.15, 0.2) is 0 Å². The van der Waals surface area contributed by atoms with Gasteiger partial charge in [0, 0.05) is 19.2 Å². The van der Waals surface area contributed by atoms with Gasteiger partial charge in [0.25, 0.3) is 0 Å². The zero-order valence-electron chi connectivity index (χ0n) is 13.3. The second-order valence-electron chi connectivity index (χ2n) is 5.72. The van der Waals surface area contributed by atoms with Crippen LogP contribution in [0.5, 0.6) is 0 Å². The Morgan fingerprint density at radius 1 is 1.32 bits per heavy atom. The highest BCUT2D eigenvalue weighted by Gasteiger charge is 2.19. The Morgan fingerprint density at radius 3 is 2.84 bits per heavy atom. The highest BCUT2D eigenvalue weighted by Crippen LogP contribution is 2.14. The van der Waals surface area contributed by atoms with Gasteiger partial charge in [-0.25, -0.2) is 0 Å². The van der Waals surface area contributed by atoms with E-state index in [0.717, 1.165) is 19.7 Å². The van der Waals surface area contributed by atoms with Gasteiger partial charge in [-0.2, -0.15) is 0 Å². The van der Waals surface area contributed by atoms with Crippen molar-refractivity contribution < 1.29 is 4.74 Å². The molecule has 3 heteroatoms. The van der Waals surface area contributed by atoms with E-state index >= 15 is 0 Å². The number of nitrogens with zero attached hydrogens (tertiary/aromatic N) is 1. The molecule has 0 bridgehead atoms. The largest absolute Gasteiger partial charge is 0.377 e. The first-order chi connectivity index (χ1) is 9.30. The van der Waals surface area contributed by atoms with Crippen LogP contribution in [0.2, 0.25) is 0 Å². The van der Waals surface area contributed by atoms with Crippen LogP contribution in [-0.4, -0.2) is 49.8 Å². The first kappa shape index (κ1) is 16.9. The van der Waals surface area contributed by atoms with Gasteiger partial charge in [-0.05, 0) is 65.1 Å². The fourth-order valence-electron chi connectivity index (χ4n) is 2.95. The minimum Gasteiger partial charge on any atom is -0.377 e. The summed E-state index contributed by atoms with van der Waals surface area (Å²) in [6, 6.07) is 0.715. The molecule has 0 saturated carbocycles. The van der Waals surface area contributed by atoms with Crippen molar-refractivity contribution in [3.8, 4) is 0 Å². The molecule has 0 amide bonds. The fourth-order valence-corrected chi connectivity index (χ4v) is 2.95. The van der Waals surface area contributed by atoms with Gasteiger partial charge in [0.1, 0.15) is 0 Å². The molecule has 114 valence electrons. The van der Waals surface area contributed by atoms with Gasteiger partial charge in [0.05, 0.1) is 6.10 Å². The Morgan fingerprint density at radius 2 is 2.16 bits per heavy atom. The van der Waals surface area contributed by atoms with Crippen molar-refractivity contribution in [2.75, 3.05) is 32.8 Å². The predicted octanol–water partition coefficient (Wildman–Crippen LogP) is 3.05. The summed E-state index contributed by atoms with van der Waals surface area (Å²) in [6.07, 6.45) is 8.15. The average Bonchev–Trinajstić information content (AvgIpc) is 2.43. The van der Waals surface area contributed by atoms with Crippen LogP contribution in [0.3, 0.4) is 0 Å². The van der Waals surface area contributed by atoms with Crippen LogP contribution in [0.25, 0.3) is 0 Å². The number of ether oxygens (including phenoxy) is 1. The average molecular weight is 270 g/mol. The van der Waals surface area contributed by atoms with Gasteiger partial charge in [0.15, 0.2) is 0 Å².